The second kappa shape index (κ2) is 9.93. The highest BCUT2D eigenvalue weighted by Crippen LogP contribution is 2.05. The summed E-state index contributed by atoms with van der Waals surface area (Å²) in [5.41, 5.74) is 1.49. The number of rotatable bonds is 8. The zero-order valence-corrected chi connectivity index (χ0v) is 15.3. The Kier molecular flexibility index (Phi) is 8.26. The average Bonchev–Trinajstić information content (AvgIpc) is 2.52. The van der Waals surface area contributed by atoms with Gasteiger partial charge in [-0.3, -0.25) is 4.79 Å². The van der Waals surface area contributed by atoms with E-state index in [1.807, 2.05) is 38.1 Å². The molecule has 0 aliphatic carbocycles. The Morgan fingerprint density at radius 3 is 2.46 bits per heavy atom. The summed E-state index contributed by atoms with van der Waals surface area (Å²) in [6, 6.07) is 7.21. The maximum absolute atomic E-state index is 12.1. The summed E-state index contributed by atoms with van der Waals surface area (Å²) in [5, 5.41) is 8.59. The van der Waals surface area contributed by atoms with Crippen molar-refractivity contribution in [1.82, 2.24) is 20.9 Å². The fraction of sp³-hybridized carbons (Fsp3) is 0.556. The quantitative estimate of drug-likeness (QED) is 0.679. The van der Waals surface area contributed by atoms with Gasteiger partial charge in [0.2, 0.25) is 0 Å². The minimum Gasteiger partial charge on any atom is -0.351 e. The highest BCUT2D eigenvalue weighted by atomic mass is 16.2. The van der Waals surface area contributed by atoms with E-state index < -0.39 is 0 Å². The summed E-state index contributed by atoms with van der Waals surface area (Å²) in [5.74, 6) is 0.279. The first-order valence-electron chi connectivity index (χ1n) is 8.35. The molecule has 0 heterocycles. The Balaban J connectivity index is 2.50. The Hall–Kier alpha value is -2.08. The molecule has 1 unspecified atom stereocenters. The zero-order chi connectivity index (χ0) is 18.1. The van der Waals surface area contributed by atoms with Crippen molar-refractivity contribution in [2.45, 2.75) is 33.4 Å². The molecule has 0 radical (unpaired) electrons. The van der Waals surface area contributed by atoms with E-state index in [0.29, 0.717) is 24.6 Å². The molecule has 0 spiro atoms. The van der Waals surface area contributed by atoms with Crippen molar-refractivity contribution in [3.05, 3.63) is 35.4 Å². The molecular weight excluding hydrogens is 304 g/mol. The standard InChI is InChI=1S/C18H30N4O2/c1-13(2)14(3)21-18(24)20-12-15-7-6-8-16(11-15)17(23)19-9-10-22(4)5/h6-8,11,13-14H,9-10,12H2,1-5H3,(H,19,23)(H2,20,21,24). The topological polar surface area (TPSA) is 73.5 Å². The third-order valence-corrected chi connectivity index (χ3v) is 3.85. The van der Waals surface area contributed by atoms with Crippen molar-refractivity contribution in [2.75, 3.05) is 27.2 Å². The summed E-state index contributed by atoms with van der Waals surface area (Å²) in [4.78, 5) is 26.0. The lowest BCUT2D eigenvalue weighted by molar-refractivity contribution is 0.0951. The van der Waals surface area contributed by atoms with E-state index in [2.05, 4.69) is 29.8 Å². The number of hydrogen-bond acceptors (Lipinski definition) is 3. The van der Waals surface area contributed by atoms with Crippen LogP contribution in [0, 0.1) is 5.92 Å². The lowest BCUT2D eigenvalue weighted by Gasteiger charge is -2.18. The van der Waals surface area contributed by atoms with E-state index in [4.69, 9.17) is 0 Å². The second-order valence-corrected chi connectivity index (χ2v) is 6.62. The molecular formula is C18H30N4O2. The van der Waals surface area contributed by atoms with Crippen molar-refractivity contribution in [3.63, 3.8) is 0 Å². The van der Waals surface area contributed by atoms with Crippen LogP contribution in [0.2, 0.25) is 0 Å². The van der Waals surface area contributed by atoms with Gasteiger partial charge in [0, 0.05) is 31.2 Å². The number of urea groups is 1. The molecule has 0 aliphatic heterocycles. The van der Waals surface area contributed by atoms with Gasteiger partial charge >= 0.3 is 6.03 Å². The molecule has 1 rings (SSSR count). The van der Waals surface area contributed by atoms with Crippen molar-refractivity contribution in [2.24, 2.45) is 5.92 Å². The smallest absolute Gasteiger partial charge is 0.315 e. The number of amides is 3. The van der Waals surface area contributed by atoms with Crippen molar-refractivity contribution in [3.8, 4) is 0 Å². The third kappa shape index (κ3) is 7.46. The van der Waals surface area contributed by atoms with Gasteiger partial charge in [-0.25, -0.2) is 4.79 Å². The Morgan fingerprint density at radius 2 is 1.83 bits per heavy atom. The van der Waals surface area contributed by atoms with Gasteiger partial charge in [-0.05, 0) is 44.6 Å². The minimum absolute atomic E-state index is 0.100. The van der Waals surface area contributed by atoms with Gasteiger partial charge in [-0.1, -0.05) is 26.0 Å². The fourth-order valence-corrected chi connectivity index (χ4v) is 1.92. The van der Waals surface area contributed by atoms with E-state index in [9.17, 15) is 9.59 Å². The molecule has 0 aliphatic rings. The molecule has 0 fully saturated rings. The van der Waals surface area contributed by atoms with E-state index in [-0.39, 0.29) is 18.0 Å². The van der Waals surface area contributed by atoms with Crippen molar-refractivity contribution < 1.29 is 9.59 Å². The van der Waals surface area contributed by atoms with Crippen molar-refractivity contribution >= 4 is 11.9 Å². The maximum atomic E-state index is 12.1. The van der Waals surface area contributed by atoms with Crippen LogP contribution in [0.1, 0.15) is 36.7 Å². The Bertz CT molecular complexity index is 544. The summed E-state index contributed by atoms with van der Waals surface area (Å²) in [7, 11) is 3.92. The maximum Gasteiger partial charge on any atom is 0.315 e. The SMILES string of the molecule is CC(C)C(C)NC(=O)NCc1cccc(C(=O)NCCN(C)C)c1. The van der Waals surface area contributed by atoms with Crippen LogP contribution in [-0.2, 0) is 6.54 Å². The molecule has 6 nitrogen and oxygen atoms in total. The van der Waals surface area contributed by atoms with Gasteiger partial charge in [0.15, 0.2) is 0 Å². The van der Waals surface area contributed by atoms with E-state index in [1.54, 1.807) is 12.1 Å². The number of nitrogens with one attached hydrogen (secondary N) is 3. The summed E-state index contributed by atoms with van der Waals surface area (Å²) >= 11 is 0. The normalized spacial score (nSPS) is 12.1. The average molecular weight is 334 g/mol. The zero-order valence-electron chi connectivity index (χ0n) is 15.3. The van der Waals surface area contributed by atoms with Gasteiger partial charge in [0.05, 0.1) is 0 Å². The van der Waals surface area contributed by atoms with Crippen LogP contribution >= 0.6 is 0 Å². The number of carbonyl (C=O) groups excluding carboxylic acids is 2. The molecule has 134 valence electrons. The Morgan fingerprint density at radius 1 is 1.12 bits per heavy atom. The minimum atomic E-state index is -0.197. The lowest BCUT2D eigenvalue weighted by Crippen LogP contribution is -2.42. The van der Waals surface area contributed by atoms with Crippen LogP contribution in [0.15, 0.2) is 24.3 Å². The van der Waals surface area contributed by atoms with Crippen LogP contribution in [0.25, 0.3) is 0 Å². The lowest BCUT2D eigenvalue weighted by atomic mass is 10.1. The molecule has 6 heteroatoms. The predicted molar refractivity (Wildman–Crippen MR) is 97.0 cm³/mol. The summed E-state index contributed by atoms with van der Waals surface area (Å²) in [6.45, 7) is 7.87. The van der Waals surface area contributed by atoms with Gasteiger partial charge in [0.1, 0.15) is 0 Å². The molecule has 0 saturated heterocycles. The monoisotopic (exact) mass is 334 g/mol. The molecule has 0 bridgehead atoms. The molecule has 0 aromatic heterocycles. The summed E-state index contributed by atoms with van der Waals surface area (Å²) in [6.07, 6.45) is 0. The highest BCUT2D eigenvalue weighted by molar-refractivity contribution is 5.94. The molecule has 3 amide bonds. The molecule has 1 atom stereocenters. The molecule has 0 saturated carbocycles. The van der Waals surface area contributed by atoms with Crippen molar-refractivity contribution in [1.29, 1.82) is 0 Å². The van der Waals surface area contributed by atoms with E-state index in [1.165, 1.54) is 0 Å². The van der Waals surface area contributed by atoms with Crippen LogP contribution in [0.3, 0.4) is 0 Å². The first-order chi connectivity index (χ1) is 11.3. The van der Waals surface area contributed by atoms with Crippen LogP contribution < -0.4 is 16.0 Å². The molecule has 3 N–H and O–H groups in total. The number of likely N-dealkylation sites (N-methyl/N-ethyl adjacent to an activating group) is 1. The van der Waals surface area contributed by atoms with Crippen LogP contribution in [-0.4, -0.2) is 50.1 Å². The molecule has 24 heavy (non-hydrogen) atoms. The number of benzene rings is 1. The third-order valence-electron chi connectivity index (χ3n) is 3.85. The second-order valence-electron chi connectivity index (χ2n) is 6.62. The van der Waals surface area contributed by atoms with E-state index >= 15 is 0 Å². The number of carbonyl (C=O) groups is 2. The first kappa shape index (κ1) is 20.0. The van der Waals surface area contributed by atoms with Crippen LogP contribution in [0.4, 0.5) is 4.79 Å². The first-order valence-corrected chi connectivity index (χ1v) is 8.35. The number of hydrogen-bond donors (Lipinski definition) is 3. The molecule has 1 aromatic carbocycles. The van der Waals surface area contributed by atoms with Gasteiger partial charge in [0.25, 0.3) is 5.91 Å². The van der Waals surface area contributed by atoms with Gasteiger partial charge in [-0.2, -0.15) is 0 Å². The predicted octanol–water partition coefficient (Wildman–Crippen LogP) is 1.82. The van der Waals surface area contributed by atoms with Crippen LogP contribution in [0.5, 0.6) is 0 Å². The van der Waals surface area contributed by atoms with Gasteiger partial charge < -0.3 is 20.9 Å². The molecule has 1 aromatic rings. The largest absolute Gasteiger partial charge is 0.351 e. The summed E-state index contributed by atoms with van der Waals surface area (Å²) < 4.78 is 0. The Labute approximate surface area is 145 Å². The van der Waals surface area contributed by atoms with Gasteiger partial charge in [-0.15, -0.1) is 0 Å². The fourth-order valence-electron chi connectivity index (χ4n) is 1.92. The number of nitrogens with zero attached hydrogens (tertiary/aromatic N) is 1. The highest BCUT2D eigenvalue weighted by Gasteiger charge is 2.11. The van der Waals surface area contributed by atoms with E-state index in [0.717, 1.165) is 12.1 Å².